The molecule has 1 aromatic rings. The number of hydrogen-bond acceptors (Lipinski definition) is 5. The van der Waals surface area contributed by atoms with Gasteiger partial charge in [-0.2, -0.15) is 0 Å². The zero-order chi connectivity index (χ0) is 14.9. The molecule has 4 N–H and O–H groups in total. The molecule has 0 aromatic heterocycles. The Balaban J connectivity index is 1.73. The van der Waals surface area contributed by atoms with Gasteiger partial charge in [-0.15, -0.1) is 0 Å². The third-order valence-corrected chi connectivity index (χ3v) is 6.00. The molecule has 2 atom stereocenters. The van der Waals surface area contributed by atoms with Crippen LogP contribution in [0.5, 0.6) is 0 Å². The number of piperidine rings is 1. The van der Waals surface area contributed by atoms with Crippen molar-refractivity contribution >= 4 is 15.7 Å². The zero-order valence-corrected chi connectivity index (χ0v) is 12.8. The molecule has 2 aliphatic heterocycles. The molecule has 1 aromatic carbocycles. The Morgan fingerprint density at radius 2 is 1.86 bits per heavy atom. The Hall–Kier alpha value is -1.15. The van der Waals surface area contributed by atoms with Crippen LogP contribution in [0.4, 0.5) is 5.69 Å². The lowest BCUT2D eigenvalue weighted by Crippen LogP contribution is -2.46. The first-order chi connectivity index (χ1) is 10.1. The van der Waals surface area contributed by atoms with E-state index in [0.717, 1.165) is 25.9 Å². The van der Waals surface area contributed by atoms with Crippen molar-refractivity contribution in [3.05, 3.63) is 24.3 Å². The summed E-state index contributed by atoms with van der Waals surface area (Å²) in [5.41, 5.74) is 3.18. The summed E-state index contributed by atoms with van der Waals surface area (Å²) < 4.78 is 27.8. The van der Waals surface area contributed by atoms with Crippen LogP contribution in [0.25, 0.3) is 0 Å². The Labute approximate surface area is 125 Å². The summed E-state index contributed by atoms with van der Waals surface area (Å²) in [5, 5.41) is 0. The normalized spacial score (nSPS) is 26.5. The SMILES string of the molecule is NNc1ccc(S(=O)(=O)NC2CCN3CCCCC23)cc1. The molecule has 2 aliphatic rings. The van der Waals surface area contributed by atoms with Gasteiger partial charge in [-0.1, -0.05) is 6.42 Å². The first kappa shape index (κ1) is 14.8. The summed E-state index contributed by atoms with van der Waals surface area (Å²) in [5.74, 6) is 5.29. The van der Waals surface area contributed by atoms with Gasteiger partial charge in [0, 0.05) is 24.3 Å². The average Bonchev–Trinajstić information content (AvgIpc) is 2.90. The number of nitrogen functional groups attached to an aromatic ring is 1. The van der Waals surface area contributed by atoms with Gasteiger partial charge in [0.1, 0.15) is 0 Å². The molecule has 0 bridgehead atoms. The van der Waals surface area contributed by atoms with Crippen LogP contribution < -0.4 is 16.0 Å². The fourth-order valence-corrected chi connectivity index (χ4v) is 4.69. The summed E-state index contributed by atoms with van der Waals surface area (Å²) in [6.45, 7) is 2.09. The second-order valence-electron chi connectivity index (χ2n) is 5.78. The summed E-state index contributed by atoms with van der Waals surface area (Å²) in [7, 11) is -3.46. The highest BCUT2D eigenvalue weighted by atomic mass is 32.2. The molecule has 0 spiro atoms. The Kier molecular flexibility index (Phi) is 4.17. The van der Waals surface area contributed by atoms with E-state index in [0.29, 0.717) is 11.7 Å². The predicted octanol–water partition coefficient (Wildman–Crippen LogP) is 0.877. The van der Waals surface area contributed by atoms with Gasteiger partial charge < -0.3 is 5.43 Å². The number of hydrogen-bond donors (Lipinski definition) is 3. The highest BCUT2D eigenvalue weighted by Crippen LogP contribution is 2.28. The van der Waals surface area contributed by atoms with Crippen LogP contribution >= 0.6 is 0 Å². The van der Waals surface area contributed by atoms with Gasteiger partial charge in [0.25, 0.3) is 0 Å². The van der Waals surface area contributed by atoms with Crippen molar-refractivity contribution in [2.75, 3.05) is 18.5 Å². The summed E-state index contributed by atoms with van der Waals surface area (Å²) in [6.07, 6.45) is 4.40. The number of rotatable bonds is 4. The molecule has 2 unspecified atom stereocenters. The fraction of sp³-hybridized carbons (Fsp3) is 0.571. The van der Waals surface area contributed by atoms with Crippen molar-refractivity contribution in [1.29, 1.82) is 0 Å². The van der Waals surface area contributed by atoms with Crippen LogP contribution in [-0.4, -0.2) is 38.5 Å². The number of sulfonamides is 1. The van der Waals surface area contributed by atoms with E-state index in [1.807, 2.05) is 0 Å². The monoisotopic (exact) mass is 310 g/mol. The number of nitrogens with one attached hydrogen (secondary N) is 2. The first-order valence-electron chi connectivity index (χ1n) is 7.43. The smallest absolute Gasteiger partial charge is 0.240 e. The van der Waals surface area contributed by atoms with Crippen LogP contribution in [0.2, 0.25) is 0 Å². The van der Waals surface area contributed by atoms with E-state index in [1.54, 1.807) is 24.3 Å². The molecule has 6 nitrogen and oxygen atoms in total. The van der Waals surface area contributed by atoms with Crippen molar-refractivity contribution in [3.63, 3.8) is 0 Å². The van der Waals surface area contributed by atoms with Crippen LogP contribution in [0.3, 0.4) is 0 Å². The molecule has 7 heteroatoms. The predicted molar refractivity (Wildman–Crippen MR) is 82.2 cm³/mol. The van der Waals surface area contributed by atoms with Crippen molar-refractivity contribution in [2.45, 2.75) is 42.7 Å². The molecule has 2 heterocycles. The highest BCUT2D eigenvalue weighted by molar-refractivity contribution is 7.89. The third-order valence-electron chi connectivity index (χ3n) is 4.49. The Bertz CT molecular complexity index is 587. The Morgan fingerprint density at radius 3 is 2.57 bits per heavy atom. The second-order valence-corrected chi connectivity index (χ2v) is 7.50. The van der Waals surface area contributed by atoms with E-state index < -0.39 is 10.0 Å². The fourth-order valence-electron chi connectivity index (χ4n) is 3.38. The quantitative estimate of drug-likeness (QED) is 0.567. The van der Waals surface area contributed by atoms with Crippen molar-refractivity contribution in [3.8, 4) is 0 Å². The minimum atomic E-state index is -3.46. The van der Waals surface area contributed by atoms with Gasteiger partial charge in [0.15, 0.2) is 0 Å². The van der Waals surface area contributed by atoms with Crippen LogP contribution in [-0.2, 0) is 10.0 Å². The van der Waals surface area contributed by atoms with E-state index in [-0.39, 0.29) is 10.9 Å². The standard InChI is InChI=1S/C14H22N4O2S/c15-16-11-4-6-12(7-5-11)21(19,20)17-13-8-10-18-9-2-1-3-14(13)18/h4-7,13-14,16-17H,1-3,8-10,15H2. The van der Waals surface area contributed by atoms with E-state index in [1.165, 1.54) is 12.8 Å². The summed E-state index contributed by atoms with van der Waals surface area (Å²) in [4.78, 5) is 2.70. The number of nitrogens with two attached hydrogens (primary N) is 1. The lowest BCUT2D eigenvalue weighted by molar-refractivity contribution is 0.186. The minimum absolute atomic E-state index is 0.0302. The molecule has 2 saturated heterocycles. The van der Waals surface area contributed by atoms with Gasteiger partial charge in [0.2, 0.25) is 10.0 Å². The average molecular weight is 310 g/mol. The topological polar surface area (TPSA) is 87.5 Å². The van der Waals surface area contributed by atoms with E-state index in [9.17, 15) is 8.42 Å². The summed E-state index contributed by atoms with van der Waals surface area (Å²) in [6, 6.07) is 6.86. The molecule has 2 fully saturated rings. The molecular weight excluding hydrogens is 288 g/mol. The van der Waals surface area contributed by atoms with Gasteiger partial charge in [0.05, 0.1) is 4.90 Å². The van der Waals surface area contributed by atoms with Crippen molar-refractivity contribution in [2.24, 2.45) is 5.84 Å². The van der Waals surface area contributed by atoms with Gasteiger partial charge >= 0.3 is 0 Å². The van der Waals surface area contributed by atoms with Crippen LogP contribution in [0, 0.1) is 0 Å². The molecule has 0 radical (unpaired) electrons. The zero-order valence-electron chi connectivity index (χ0n) is 12.0. The lowest BCUT2D eigenvalue weighted by atomic mass is 10.00. The highest BCUT2D eigenvalue weighted by Gasteiger charge is 2.37. The third kappa shape index (κ3) is 3.06. The maximum atomic E-state index is 12.5. The largest absolute Gasteiger partial charge is 0.324 e. The molecule has 0 saturated carbocycles. The number of anilines is 1. The molecule has 0 aliphatic carbocycles. The maximum Gasteiger partial charge on any atom is 0.240 e. The number of nitrogens with zero attached hydrogens (tertiary/aromatic N) is 1. The Morgan fingerprint density at radius 1 is 1.10 bits per heavy atom. The van der Waals surface area contributed by atoms with E-state index >= 15 is 0 Å². The number of fused-ring (bicyclic) bond motifs is 1. The molecule has 116 valence electrons. The number of benzene rings is 1. The van der Waals surface area contributed by atoms with Crippen molar-refractivity contribution in [1.82, 2.24) is 9.62 Å². The van der Waals surface area contributed by atoms with Gasteiger partial charge in [-0.05, 0) is 50.1 Å². The van der Waals surface area contributed by atoms with Gasteiger partial charge in [-0.25, -0.2) is 13.1 Å². The number of hydrazine groups is 1. The van der Waals surface area contributed by atoms with E-state index in [4.69, 9.17) is 5.84 Å². The molecular formula is C14H22N4O2S. The van der Waals surface area contributed by atoms with Crippen LogP contribution in [0.15, 0.2) is 29.2 Å². The maximum absolute atomic E-state index is 12.5. The second kappa shape index (κ2) is 5.92. The molecule has 0 amide bonds. The molecule has 3 rings (SSSR count). The lowest BCUT2D eigenvalue weighted by Gasteiger charge is -2.32. The minimum Gasteiger partial charge on any atom is -0.324 e. The van der Waals surface area contributed by atoms with Crippen LogP contribution in [0.1, 0.15) is 25.7 Å². The van der Waals surface area contributed by atoms with Crippen molar-refractivity contribution < 1.29 is 8.42 Å². The summed E-state index contributed by atoms with van der Waals surface area (Å²) >= 11 is 0. The van der Waals surface area contributed by atoms with E-state index in [2.05, 4.69) is 15.0 Å². The molecule has 21 heavy (non-hydrogen) atoms. The van der Waals surface area contributed by atoms with Gasteiger partial charge in [-0.3, -0.25) is 10.7 Å². The first-order valence-corrected chi connectivity index (χ1v) is 8.91.